The van der Waals surface area contributed by atoms with Crippen LogP contribution >= 0.6 is 0 Å². The lowest BCUT2D eigenvalue weighted by Gasteiger charge is -2.37. The van der Waals surface area contributed by atoms with Crippen LogP contribution in [-0.4, -0.2) is 6.10 Å². The van der Waals surface area contributed by atoms with E-state index in [0.29, 0.717) is 17.9 Å². The molecule has 2 nitrogen and oxygen atoms in total. The molecule has 0 saturated heterocycles. The maximum atomic E-state index is 6.33. The van der Waals surface area contributed by atoms with Gasteiger partial charge in [-0.2, -0.15) is 0 Å². The number of nitrogens with two attached hydrogens (primary N) is 1. The molecule has 1 aromatic carbocycles. The lowest BCUT2D eigenvalue weighted by atomic mass is 9.75. The van der Waals surface area contributed by atoms with Crippen LogP contribution in [0.25, 0.3) is 0 Å². The second-order valence-corrected chi connectivity index (χ2v) is 6.51. The highest BCUT2D eigenvalue weighted by atomic mass is 16.5. The molecule has 3 atom stereocenters. The van der Waals surface area contributed by atoms with E-state index in [-0.39, 0.29) is 0 Å². The molecule has 0 spiro atoms. The van der Waals surface area contributed by atoms with Gasteiger partial charge in [0.1, 0.15) is 11.9 Å². The third-order valence-electron chi connectivity index (χ3n) is 4.44. The second kappa shape index (κ2) is 5.85. The lowest BCUT2D eigenvalue weighted by molar-refractivity contribution is 0.0455. The molecule has 2 heteroatoms. The summed E-state index contributed by atoms with van der Waals surface area (Å²) in [5.41, 5.74) is 7.75. The van der Waals surface area contributed by atoms with Gasteiger partial charge in [-0.1, -0.05) is 27.2 Å². The van der Waals surface area contributed by atoms with Crippen molar-refractivity contribution in [2.75, 3.05) is 5.73 Å². The van der Waals surface area contributed by atoms with Crippen molar-refractivity contribution < 1.29 is 4.74 Å². The average molecular weight is 261 g/mol. The van der Waals surface area contributed by atoms with E-state index in [0.717, 1.165) is 22.9 Å². The van der Waals surface area contributed by atoms with Gasteiger partial charge in [-0.25, -0.2) is 0 Å². The molecule has 3 unspecified atom stereocenters. The standard InChI is InChI=1S/C17H27NO/c1-11(2)15-7-5-12(3)9-17(15)19-16-8-6-14(18)10-13(16)4/h6,8,10-12,15,17H,5,7,9,18H2,1-4H3. The number of rotatable bonds is 3. The normalized spacial score (nSPS) is 27.5. The molecule has 0 amide bonds. The van der Waals surface area contributed by atoms with E-state index in [1.165, 1.54) is 19.3 Å². The summed E-state index contributed by atoms with van der Waals surface area (Å²) in [6.45, 7) is 9.03. The van der Waals surface area contributed by atoms with Crippen LogP contribution in [0.1, 0.15) is 45.6 Å². The van der Waals surface area contributed by atoms with E-state index in [1.807, 2.05) is 18.2 Å². The van der Waals surface area contributed by atoms with Crippen molar-refractivity contribution in [1.29, 1.82) is 0 Å². The number of nitrogen functional groups attached to an aromatic ring is 1. The Labute approximate surface area is 117 Å². The molecule has 0 aromatic heterocycles. The molecule has 1 fully saturated rings. The Kier molecular flexibility index (Phi) is 4.38. The summed E-state index contributed by atoms with van der Waals surface area (Å²) in [4.78, 5) is 0. The molecule has 0 bridgehead atoms. The number of anilines is 1. The van der Waals surface area contributed by atoms with Crippen molar-refractivity contribution >= 4 is 5.69 Å². The first-order valence-corrected chi connectivity index (χ1v) is 7.50. The first-order valence-electron chi connectivity index (χ1n) is 7.50. The highest BCUT2D eigenvalue weighted by Gasteiger charge is 2.32. The zero-order valence-electron chi connectivity index (χ0n) is 12.6. The van der Waals surface area contributed by atoms with Crippen molar-refractivity contribution in [2.24, 2.45) is 17.8 Å². The smallest absolute Gasteiger partial charge is 0.122 e. The molecule has 1 aliphatic carbocycles. The quantitative estimate of drug-likeness (QED) is 0.818. The Balaban J connectivity index is 2.14. The molecule has 1 aromatic rings. The molecule has 0 heterocycles. The Morgan fingerprint density at radius 1 is 1.26 bits per heavy atom. The summed E-state index contributed by atoms with van der Waals surface area (Å²) in [5, 5.41) is 0. The van der Waals surface area contributed by atoms with E-state index in [2.05, 4.69) is 27.7 Å². The van der Waals surface area contributed by atoms with Gasteiger partial charge >= 0.3 is 0 Å². The number of benzene rings is 1. The zero-order chi connectivity index (χ0) is 14.0. The maximum Gasteiger partial charge on any atom is 0.122 e. The SMILES string of the molecule is Cc1cc(N)ccc1OC1CC(C)CCC1C(C)C. The fourth-order valence-corrected chi connectivity index (χ4v) is 3.22. The van der Waals surface area contributed by atoms with Crippen LogP contribution in [0.2, 0.25) is 0 Å². The molecule has 106 valence electrons. The summed E-state index contributed by atoms with van der Waals surface area (Å²) < 4.78 is 6.33. The van der Waals surface area contributed by atoms with Crippen LogP contribution in [-0.2, 0) is 0 Å². The van der Waals surface area contributed by atoms with Crippen LogP contribution in [0, 0.1) is 24.7 Å². The molecule has 19 heavy (non-hydrogen) atoms. The molecular weight excluding hydrogens is 234 g/mol. The van der Waals surface area contributed by atoms with Gasteiger partial charge < -0.3 is 10.5 Å². The molecular formula is C17H27NO. The highest BCUT2D eigenvalue weighted by Crippen LogP contribution is 2.36. The highest BCUT2D eigenvalue weighted by molar-refractivity contribution is 5.47. The van der Waals surface area contributed by atoms with Gasteiger partial charge in [0.2, 0.25) is 0 Å². The molecule has 2 rings (SSSR count). The van der Waals surface area contributed by atoms with Crippen molar-refractivity contribution in [1.82, 2.24) is 0 Å². The summed E-state index contributed by atoms with van der Waals surface area (Å²) >= 11 is 0. The second-order valence-electron chi connectivity index (χ2n) is 6.51. The molecule has 1 aliphatic rings. The van der Waals surface area contributed by atoms with Gasteiger partial charge in [-0.05, 0) is 61.3 Å². The van der Waals surface area contributed by atoms with Gasteiger partial charge in [0.25, 0.3) is 0 Å². The number of hydrogen-bond acceptors (Lipinski definition) is 2. The van der Waals surface area contributed by atoms with E-state index >= 15 is 0 Å². The van der Waals surface area contributed by atoms with Gasteiger partial charge in [0.05, 0.1) is 0 Å². The summed E-state index contributed by atoms with van der Waals surface area (Å²) in [6, 6.07) is 5.94. The minimum Gasteiger partial charge on any atom is -0.490 e. The Morgan fingerprint density at radius 3 is 2.63 bits per heavy atom. The van der Waals surface area contributed by atoms with E-state index in [9.17, 15) is 0 Å². The first kappa shape index (κ1) is 14.2. The fraction of sp³-hybridized carbons (Fsp3) is 0.647. The van der Waals surface area contributed by atoms with Crippen molar-refractivity contribution in [3.05, 3.63) is 23.8 Å². The topological polar surface area (TPSA) is 35.2 Å². The number of ether oxygens (including phenoxy) is 1. The first-order chi connectivity index (χ1) is 8.97. The maximum absolute atomic E-state index is 6.33. The predicted octanol–water partition coefficient (Wildman–Crippen LogP) is 4.42. The van der Waals surface area contributed by atoms with E-state index in [1.54, 1.807) is 0 Å². The molecule has 0 aliphatic heterocycles. The predicted molar refractivity (Wildman–Crippen MR) is 81.4 cm³/mol. The lowest BCUT2D eigenvalue weighted by Crippen LogP contribution is -2.36. The minimum atomic E-state index is 0.353. The van der Waals surface area contributed by atoms with Crippen molar-refractivity contribution in [3.63, 3.8) is 0 Å². The van der Waals surface area contributed by atoms with Crippen LogP contribution < -0.4 is 10.5 Å². The Hall–Kier alpha value is -1.18. The van der Waals surface area contributed by atoms with Gasteiger partial charge in [-0.15, -0.1) is 0 Å². The van der Waals surface area contributed by atoms with Crippen molar-refractivity contribution in [2.45, 2.75) is 53.1 Å². The van der Waals surface area contributed by atoms with Crippen LogP contribution in [0.15, 0.2) is 18.2 Å². The third-order valence-corrected chi connectivity index (χ3v) is 4.44. The average Bonchev–Trinajstić information content (AvgIpc) is 2.32. The van der Waals surface area contributed by atoms with E-state index in [4.69, 9.17) is 10.5 Å². The summed E-state index contributed by atoms with van der Waals surface area (Å²) in [5.74, 6) is 3.13. The number of aryl methyl sites for hydroxylation is 1. The van der Waals surface area contributed by atoms with Gasteiger partial charge in [0, 0.05) is 5.69 Å². The van der Waals surface area contributed by atoms with Crippen LogP contribution in [0.5, 0.6) is 5.75 Å². The monoisotopic (exact) mass is 261 g/mol. The van der Waals surface area contributed by atoms with Crippen LogP contribution in [0.3, 0.4) is 0 Å². The minimum absolute atomic E-state index is 0.353. The Bertz CT molecular complexity index is 427. The zero-order valence-corrected chi connectivity index (χ0v) is 12.6. The van der Waals surface area contributed by atoms with E-state index < -0.39 is 0 Å². The molecule has 0 radical (unpaired) electrons. The third kappa shape index (κ3) is 3.43. The van der Waals surface area contributed by atoms with Gasteiger partial charge in [-0.3, -0.25) is 0 Å². The van der Waals surface area contributed by atoms with Crippen LogP contribution in [0.4, 0.5) is 5.69 Å². The number of hydrogen-bond donors (Lipinski definition) is 1. The summed E-state index contributed by atoms with van der Waals surface area (Å²) in [7, 11) is 0. The molecule has 1 saturated carbocycles. The van der Waals surface area contributed by atoms with Crippen molar-refractivity contribution in [3.8, 4) is 5.75 Å². The fourth-order valence-electron chi connectivity index (χ4n) is 3.22. The largest absolute Gasteiger partial charge is 0.490 e. The Morgan fingerprint density at radius 2 is 2.00 bits per heavy atom. The molecule has 2 N–H and O–H groups in total. The van der Waals surface area contributed by atoms with Gasteiger partial charge in [0.15, 0.2) is 0 Å². The summed E-state index contributed by atoms with van der Waals surface area (Å²) in [6.07, 6.45) is 4.15.